The quantitative estimate of drug-likeness (QED) is 0.0687. The van der Waals surface area contributed by atoms with Crippen molar-refractivity contribution < 1.29 is 19.1 Å². The molecule has 0 aliphatic rings. The Labute approximate surface area is 224 Å². The lowest BCUT2D eigenvalue weighted by Crippen LogP contribution is -2.36. The first kappa shape index (κ1) is 26.5. The summed E-state index contributed by atoms with van der Waals surface area (Å²) in [5, 5.41) is 12.8. The first-order valence-corrected chi connectivity index (χ1v) is 12.6. The molecule has 37 heavy (non-hydrogen) atoms. The second kappa shape index (κ2) is 12.6. The molecular formula is C31H27BrFNO3. The third-order valence-corrected chi connectivity index (χ3v) is 6.56. The molecule has 1 atom stereocenters. The highest BCUT2D eigenvalue weighted by Gasteiger charge is 2.38. The second-order valence-corrected chi connectivity index (χ2v) is 9.26. The number of halogens is 2. The summed E-state index contributed by atoms with van der Waals surface area (Å²) in [6.07, 6.45) is 1.06. The standard InChI is InChI=1S/C31H27BrFNO3/c1-2-27(36-22-30(34-35)28-20-26(32)18-19-29(28)33)21-37-31(23-12-6-3-7-13-23,24-14-8-4-9-15-24)25-16-10-5-11-17-25/h2-20,27,35H,1,21-22H2/b34-30-/t27-/m0/s1. The average Bonchev–Trinajstić information content (AvgIpc) is 2.96. The topological polar surface area (TPSA) is 51.0 Å². The highest BCUT2D eigenvalue weighted by molar-refractivity contribution is 9.10. The lowest BCUT2D eigenvalue weighted by atomic mass is 9.80. The molecule has 0 aliphatic heterocycles. The van der Waals surface area contributed by atoms with E-state index < -0.39 is 17.5 Å². The van der Waals surface area contributed by atoms with Crippen LogP contribution in [0.1, 0.15) is 22.3 Å². The zero-order valence-electron chi connectivity index (χ0n) is 20.1. The smallest absolute Gasteiger partial charge is 0.143 e. The maximum absolute atomic E-state index is 14.4. The van der Waals surface area contributed by atoms with E-state index in [4.69, 9.17) is 9.47 Å². The van der Waals surface area contributed by atoms with Crippen LogP contribution in [0.15, 0.2) is 131 Å². The van der Waals surface area contributed by atoms with Crippen molar-refractivity contribution >= 4 is 21.6 Å². The van der Waals surface area contributed by atoms with Crippen LogP contribution in [0.5, 0.6) is 0 Å². The zero-order chi connectivity index (χ0) is 26.1. The van der Waals surface area contributed by atoms with Gasteiger partial charge in [0.25, 0.3) is 0 Å². The Balaban J connectivity index is 1.64. The lowest BCUT2D eigenvalue weighted by molar-refractivity contribution is -0.0413. The summed E-state index contributed by atoms with van der Waals surface area (Å²) in [4.78, 5) is 0. The summed E-state index contributed by atoms with van der Waals surface area (Å²) in [5.41, 5.74) is 2.18. The summed E-state index contributed by atoms with van der Waals surface area (Å²) >= 11 is 3.32. The zero-order valence-corrected chi connectivity index (χ0v) is 21.7. The van der Waals surface area contributed by atoms with Gasteiger partial charge >= 0.3 is 0 Å². The van der Waals surface area contributed by atoms with E-state index in [1.165, 1.54) is 6.07 Å². The number of nitrogens with zero attached hydrogens (tertiary/aromatic N) is 1. The van der Waals surface area contributed by atoms with E-state index in [2.05, 4.69) is 27.7 Å². The van der Waals surface area contributed by atoms with Crippen LogP contribution < -0.4 is 0 Å². The number of rotatable bonds is 11. The first-order chi connectivity index (χ1) is 18.1. The molecule has 4 aromatic carbocycles. The molecule has 0 unspecified atom stereocenters. The molecule has 6 heteroatoms. The van der Waals surface area contributed by atoms with Gasteiger partial charge in [-0.15, -0.1) is 6.58 Å². The summed E-state index contributed by atoms with van der Waals surface area (Å²) < 4.78 is 27.8. The molecule has 4 rings (SSSR count). The minimum atomic E-state index is -0.918. The largest absolute Gasteiger partial charge is 0.411 e. The maximum atomic E-state index is 14.4. The maximum Gasteiger partial charge on any atom is 0.143 e. The van der Waals surface area contributed by atoms with Crippen LogP contribution in [-0.4, -0.2) is 30.2 Å². The average molecular weight is 560 g/mol. The van der Waals surface area contributed by atoms with Gasteiger partial charge in [-0.3, -0.25) is 0 Å². The van der Waals surface area contributed by atoms with Crippen LogP contribution in [0.2, 0.25) is 0 Å². The van der Waals surface area contributed by atoms with E-state index in [-0.39, 0.29) is 24.5 Å². The van der Waals surface area contributed by atoms with Gasteiger partial charge in [-0.1, -0.05) is 118 Å². The number of hydrogen-bond acceptors (Lipinski definition) is 4. The van der Waals surface area contributed by atoms with Gasteiger partial charge in [-0.25, -0.2) is 4.39 Å². The number of ether oxygens (including phenoxy) is 2. The SMILES string of the molecule is C=C[C@@H](COC(c1ccccc1)(c1ccccc1)c1ccccc1)OC/C(=N/O)c1cc(Br)ccc1F. The van der Waals surface area contributed by atoms with Crippen LogP contribution in [-0.2, 0) is 15.1 Å². The molecule has 0 radical (unpaired) electrons. The van der Waals surface area contributed by atoms with Crippen molar-refractivity contribution in [1.29, 1.82) is 0 Å². The van der Waals surface area contributed by atoms with Crippen molar-refractivity contribution in [3.63, 3.8) is 0 Å². The Hall–Kier alpha value is -3.58. The fourth-order valence-electron chi connectivity index (χ4n) is 4.23. The Morgan fingerprint density at radius 3 is 1.86 bits per heavy atom. The normalized spacial score (nSPS) is 12.8. The Morgan fingerprint density at radius 1 is 0.892 bits per heavy atom. The molecule has 0 saturated heterocycles. The Kier molecular flexibility index (Phi) is 9.01. The fourth-order valence-corrected chi connectivity index (χ4v) is 4.59. The third-order valence-electron chi connectivity index (χ3n) is 6.06. The second-order valence-electron chi connectivity index (χ2n) is 8.35. The van der Waals surface area contributed by atoms with Gasteiger partial charge in [0.1, 0.15) is 17.1 Å². The van der Waals surface area contributed by atoms with Crippen molar-refractivity contribution in [3.05, 3.63) is 154 Å². The molecule has 0 amide bonds. The molecule has 0 bridgehead atoms. The molecule has 0 fully saturated rings. The molecule has 0 aromatic heterocycles. The molecule has 4 aromatic rings. The van der Waals surface area contributed by atoms with Crippen molar-refractivity contribution in [2.45, 2.75) is 11.7 Å². The molecule has 4 nitrogen and oxygen atoms in total. The summed E-state index contributed by atoms with van der Waals surface area (Å²) in [5.74, 6) is -0.512. The van der Waals surface area contributed by atoms with Crippen molar-refractivity contribution in [1.82, 2.24) is 0 Å². The van der Waals surface area contributed by atoms with E-state index >= 15 is 0 Å². The van der Waals surface area contributed by atoms with Gasteiger partial charge in [0, 0.05) is 10.0 Å². The molecule has 0 saturated carbocycles. The highest BCUT2D eigenvalue weighted by atomic mass is 79.9. The number of benzene rings is 4. The van der Waals surface area contributed by atoms with Gasteiger partial charge in [0.2, 0.25) is 0 Å². The van der Waals surface area contributed by atoms with Crippen LogP contribution in [0, 0.1) is 5.82 Å². The predicted octanol–water partition coefficient (Wildman–Crippen LogP) is 7.35. The molecule has 0 spiro atoms. The fraction of sp³-hybridized carbons (Fsp3) is 0.129. The summed E-state index contributed by atoms with van der Waals surface area (Å²) in [6.45, 7) is 3.90. The minimum Gasteiger partial charge on any atom is -0.411 e. The van der Waals surface area contributed by atoms with Gasteiger partial charge in [-0.2, -0.15) is 0 Å². The van der Waals surface area contributed by atoms with Gasteiger partial charge < -0.3 is 14.7 Å². The molecule has 0 aliphatic carbocycles. The van der Waals surface area contributed by atoms with Crippen molar-refractivity contribution in [3.8, 4) is 0 Å². The molecule has 188 valence electrons. The lowest BCUT2D eigenvalue weighted by Gasteiger charge is -2.36. The van der Waals surface area contributed by atoms with Crippen LogP contribution >= 0.6 is 15.9 Å². The summed E-state index contributed by atoms with van der Waals surface area (Å²) in [7, 11) is 0. The van der Waals surface area contributed by atoms with E-state index in [9.17, 15) is 9.60 Å². The Morgan fingerprint density at radius 2 is 1.41 bits per heavy atom. The van der Waals surface area contributed by atoms with Gasteiger partial charge in [-0.05, 0) is 34.9 Å². The van der Waals surface area contributed by atoms with E-state index in [1.807, 2.05) is 91.0 Å². The van der Waals surface area contributed by atoms with Crippen molar-refractivity contribution in [2.75, 3.05) is 13.2 Å². The van der Waals surface area contributed by atoms with Gasteiger partial charge in [0.15, 0.2) is 0 Å². The van der Waals surface area contributed by atoms with E-state index in [0.29, 0.717) is 4.47 Å². The highest BCUT2D eigenvalue weighted by Crippen LogP contribution is 2.40. The Bertz CT molecular complexity index is 1230. The summed E-state index contributed by atoms with van der Waals surface area (Å²) in [6, 6.07) is 34.4. The van der Waals surface area contributed by atoms with E-state index in [0.717, 1.165) is 16.7 Å². The van der Waals surface area contributed by atoms with Crippen LogP contribution in [0.25, 0.3) is 0 Å². The third kappa shape index (κ3) is 6.05. The van der Waals surface area contributed by atoms with Crippen LogP contribution in [0.4, 0.5) is 4.39 Å². The molecular weight excluding hydrogens is 533 g/mol. The monoisotopic (exact) mass is 559 g/mol. The number of oxime groups is 1. The predicted molar refractivity (Wildman–Crippen MR) is 148 cm³/mol. The van der Waals surface area contributed by atoms with E-state index in [1.54, 1.807) is 18.2 Å². The minimum absolute atomic E-state index is 0.0612. The number of hydrogen-bond donors (Lipinski definition) is 1. The molecule has 0 heterocycles. The van der Waals surface area contributed by atoms with Gasteiger partial charge in [0.05, 0.1) is 19.3 Å². The van der Waals surface area contributed by atoms with Crippen molar-refractivity contribution in [2.24, 2.45) is 5.16 Å². The first-order valence-electron chi connectivity index (χ1n) is 11.8. The van der Waals surface area contributed by atoms with Crippen LogP contribution in [0.3, 0.4) is 0 Å². The molecule has 1 N–H and O–H groups in total.